The van der Waals surface area contributed by atoms with Crippen LogP contribution < -0.4 is 5.32 Å². The van der Waals surface area contributed by atoms with Gasteiger partial charge in [0.25, 0.3) is 0 Å². The Morgan fingerprint density at radius 1 is 0.969 bits per heavy atom. The van der Waals surface area contributed by atoms with Gasteiger partial charge in [-0.25, -0.2) is 8.78 Å². The standard InChI is InChI=1S/C27H34F2N2O/c28-24-12-13-25(26(29)16-24)22-10-5-9-21(15-22)18-31-14-6-11-23(19-31)27(32)30-17-20-7-3-1-2-4-8-20/h5,9-10,12-13,15-16,20,23H,1-4,6-8,11,14,17-19H2,(H,30,32). The summed E-state index contributed by atoms with van der Waals surface area (Å²) in [6.45, 7) is 3.26. The number of hydrogen-bond donors (Lipinski definition) is 1. The largest absolute Gasteiger partial charge is 0.356 e. The van der Waals surface area contributed by atoms with Crippen LogP contribution in [0.5, 0.6) is 0 Å². The van der Waals surface area contributed by atoms with Gasteiger partial charge in [-0.2, -0.15) is 0 Å². The zero-order valence-corrected chi connectivity index (χ0v) is 18.8. The lowest BCUT2D eigenvalue weighted by Crippen LogP contribution is -2.43. The number of nitrogens with one attached hydrogen (secondary N) is 1. The minimum absolute atomic E-state index is 0.0345. The molecule has 2 aromatic carbocycles. The van der Waals surface area contributed by atoms with E-state index in [1.165, 1.54) is 50.7 Å². The van der Waals surface area contributed by atoms with Crippen molar-refractivity contribution in [1.29, 1.82) is 0 Å². The fraction of sp³-hybridized carbons (Fsp3) is 0.519. The van der Waals surface area contributed by atoms with Crippen molar-refractivity contribution in [3.05, 3.63) is 59.7 Å². The molecule has 5 heteroatoms. The fourth-order valence-corrected chi connectivity index (χ4v) is 5.19. The number of carbonyl (C=O) groups excluding carboxylic acids is 1. The maximum atomic E-state index is 14.2. The van der Waals surface area contributed by atoms with E-state index in [0.717, 1.165) is 56.2 Å². The number of likely N-dealkylation sites (tertiary alicyclic amines) is 1. The molecule has 1 aliphatic carbocycles. The lowest BCUT2D eigenvalue weighted by atomic mass is 9.95. The molecule has 0 bridgehead atoms. The Balaban J connectivity index is 1.33. The van der Waals surface area contributed by atoms with E-state index in [9.17, 15) is 13.6 Å². The number of halogens is 2. The molecule has 1 aliphatic heterocycles. The van der Waals surface area contributed by atoms with Crippen molar-refractivity contribution in [2.45, 2.75) is 57.9 Å². The maximum Gasteiger partial charge on any atom is 0.224 e. The second-order valence-corrected chi connectivity index (χ2v) is 9.50. The van der Waals surface area contributed by atoms with Gasteiger partial charge in [-0.1, -0.05) is 43.9 Å². The van der Waals surface area contributed by atoms with E-state index in [2.05, 4.69) is 10.2 Å². The molecule has 2 aromatic rings. The van der Waals surface area contributed by atoms with E-state index in [1.807, 2.05) is 24.3 Å². The highest BCUT2D eigenvalue weighted by Gasteiger charge is 2.26. The summed E-state index contributed by atoms with van der Waals surface area (Å²) in [6, 6.07) is 11.4. The molecule has 2 aliphatic rings. The highest BCUT2D eigenvalue weighted by Crippen LogP contribution is 2.26. The zero-order valence-electron chi connectivity index (χ0n) is 18.8. The number of hydrogen-bond acceptors (Lipinski definition) is 2. The van der Waals surface area contributed by atoms with Crippen molar-refractivity contribution in [1.82, 2.24) is 10.2 Å². The molecule has 1 unspecified atom stereocenters. The summed E-state index contributed by atoms with van der Waals surface area (Å²) in [4.78, 5) is 15.1. The van der Waals surface area contributed by atoms with Gasteiger partial charge in [-0.3, -0.25) is 9.69 Å². The Bertz CT molecular complexity index is 908. The molecule has 172 valence electrons. The van der Waals surface area contributed by atoms with E-state index >= 15 is 0 Å². The first-order chi connectivity index (χ1) is 15.6. The van der Waals surface area contributed by atoms with Gasteiger partial charge in [0.2, 0.25) is 5.91 Å². The van der Waals surface area contributed by atoms with Crippen LogP contribution in [0.3, 0.4) is 0 Å². The summed E-state index contributed by atoms with van der Waals surface area (Å²) in [6.07, 6.45) is 9.66. The first-order valence-corrected chi connectivity index (χ1v) is 12.1. The van der Waals surface area contributed by atoms with Gasteiger partial charge in [0, 0.05) is 31.3 Å². The summed E-state index contributed by atoms with van der Waals surface area (Å²) >= 11 is 0. The van der Waals surface area contributed by atoms with Crippen molar-refractivity contribution in [3.8, 4) is 11.1 Å². The predicted molar refractivity (Wildman–Crippen MR) is 124 cm³/mol. The van der Waals surface area contributed by atoms with Crippen molar-refractivity contribution < 1.29 is 13.6 Å². The highest BCUT2D eigenvalue weighted by molar-refractivity contribution is 5.79. The third kappa shape index (κ3) is 6.16. The van der Waals surface area contributed by atoms with Gasteiger partial charge in [0.15, 0.2) is 0 Å². The predicted octanol–water partition coefficient (Wildman–Crippen LogP) is 5.93. The third-order valence-electron chi connectivity index (χ3n) is 6.99. The van der Waals surface area contributed by atoms with Gasteiger partial charge in [0.05, 0.1) is 5.92 Å². The van der Waals surface area contributed by atoms with Gasteiger partial charge >= 0.3 is 0 Å². The molecular formula is C27H34F2N2O. The normalized spacial score (nSPS) is 20.6. The second kappa shape index (κ2) is 11.0. The maximum absolute atomic E-state index is 14.2. The monoisotopic (exact) mass is 440 g/mol. The van der Waals surface area contributed by atoms with Gasteiger partial charge in [-0.15, -0.1) is 0 Å². The number of rotatable bonds is 6. The molecule has 0 spiro atoms. The summed E-state index contributed by atoms with van der Waals surface area (Å²) in [5.74, 6) is -0.256. The van der Waals surface area contributed by atoms with Crippen molar-refractivity contribution >= 4 is 5.91 Å². The first-order valence-electron chi connectivity index (χ1n) is 12.1. The van der Waals surface area contributed by atoms with Gasteiger partial charge in [0.1, 0.15) is 11.6 Å². The lowest BCUT2D eigenvalue weighted by molar-refractivity contribution is -0.127. The van der Waals surface area contributed by atoms with E-state index in [4.69, 9.17) is 0 Å². The Hall–Kier alpha value is -2.27. The van der Waals surface area contributed by atoms with E-state index < -0.39 is 11.6 Å². The minimum Gasteiger partial charge on any atom is -0.356 e. The molecule has 1 saturated carbocycles. The number of carbonyl (C=O) groups is 1. The van der Waals surface area contributed by atoms with Crippen LogP contribution in [0.4, 0.5) is 8.78 Å². The minimum atomic E-state index is -0.570. The molecule has 1 N–H and O–H groups in total. The van der Waals surface area contributed by atoms with Crippen LogP contribution in [0.1, 0.15) is 56.9 Å². The van der Waals surface area contributed by atoms with Crippen LogP contribution in [-0.4, -0.2) is 30.4 Å². The number of piperidine rings is 1. The molecule has 1 saturated heterocycles. The molecule has 1 amide bonds. The van der Waals surface area contributed by atoms with Gasteiger partial charge < -0.3 is 5.32 Å². The lowest BCUT2D eigenvalue weighted by Gasteiger charge is -2.32. The van der Waals surface area contributed by atoms with Crippen LogP contribution >= 0.6 is 0 Å². The summed E-state index contributed by atoms with van der Waals surface area (Å²) in [5, 5.41) is 3.24. The molecule has 1 heterocycles. The van der Waals surface area contributed by atoms with Crippen LogP contribution in [-0.2, 0) is 11.3 Å². The number of amides is 1. The second-order valence-electron chi connectivity index (χ2n) is 9.50. The average molecular weight is 441 g/mol. The van der Waals surface area contributed by atoms with Crippen molar-refractivity contribution in [3.63, 3.8) is 0 Å². The van der Waals surface area contributed by atoms with Crippen molar-refractivity contribution in [2.24, 2.45) is 11.8 Å². The zero-order chi connectivity index (χ0) is 22.3. The molecule has 4 rings (SSSR count). The number of nitrogens with zero attached hydrogens (tertiary/aromatic N) is 1. The van der Waals surface area contributed by atoms with Crippen molar-refractivity contribution in [2.75, 3.05) is 19.6 Å². The van der Waals surface area contributed by atoms with Crippen LogP contribution in [0.15, 0.2) is 42.5 Å². The van der Waals surface area contributed by atoms with Gasteiger partial charge in [-0.05, 0) is 67.5 Å². The van der Waals surface area contributed by atoms with E-state index in [1.54, 1.807) is 0 Å². The molecule has 32 heavy (non-hydrogen) atoms. The Kier molecular flexibility index (Phi) is 7.90. The van der Waals surface area contributed by atoms with E-state index in [0.29, 0.717) is 11.5 Å². The van der Waals surface area contributed by atoms with Crippen LogP contribution in [0.25, 0.3) is 11.1 Å². The van der Waals surface area contributed by atoms with E-state index in [-0.39, 0.29) is 11.8 Å². The summed E-state index contributed by atoms with van der Waals surface area (Å²) in [5.41, 5.74) is 2.23. The Labute approximate surface area is 190 Å². The molecule has 3 nitrogen and oxygen atoms in total. The topological polar surface area (TPSA) is 32.3 Å². The molecule has 0 radical (unpaired) electrons. The quantitative estimate of drug-likeness (QED) is 0.565. The Morgan fingerprint density at radius 3 is 2.56 bits per heavy atom. The molecular weight excluding hydrogens is 406 g/mol. The summed E-state index contributed by atoms with van der Waals surface area (Å²) < 4.78 is 27.5. The number of benzene rings is 2. The SMILES string of the molecule is O=C(NCC1CCCCCC1)C1CCCN(Cc2cccc(-c3ccc(F)cc3F)c2)C1. The Morgan fingerprint density at radius 2 is 1.78 bits per heavy atom. The van der Waals surface area contributed by atoms with Crippen LogP contribution in [0.2, 0.25) is 0 Å². The molecule has 1 atom stereocenters. The summed E-state index contributed by atoms with van der Waals surface area (Å²) in [7, 11) is 0. The highest BCUT2D eigenvalue weighted by atomic mass is 19.1. The fourth-order valence-electron chi connectivity index (χ4n) is 5.19. The average Bonchev–Trinajstić information content (AvgIpc) is 3.07. The molecule has 2 fully saturated rings. The smallest absolute Gasteiger partial charge is 0.224 e. The van der Waals surface area contributed by atoms with Crippen LogP contribution in [0, 0.1) is 23.5 Å². The third-order valence-corrected chi connectivity index (χ3v) is 6.99. The molecule has 0 aromatic heterocycles. The first kappa shape index (κ1) is 22.9.